The van der Waals surface area contributed by atoms with E-state index in [0.717, 1.165) is 12.8 Å². The first-order valence-corrected chi connectivity index (χ1v) is 9.51. The molecule has 5 heteroatoms. The summed E-state index contributed by atoms with van der Waals surface area (Å²) in [6, 6.07) is 10.7. The Morgan fingerprint density at radius 2 is 1.80 bits per heavy atom. The first kappa shape index (κ1) is 18.4. The number of hydrogen-bond donors (Lipinski definition) is 3. The molecule has 1 aliphatic carbocycles. The molecule has 1 unspecified atom stereocenters. The third-order valence-corrected chi connectivity index (χ3v) is 5.81. The third-order valence-electron chi connectivity index (χ3n) is 5.81. The molecule has 138 valence electrons. The van der Waals surface area contributed by atoms with Crippen molar-refractivity contribution in [2.75, 3.05) is 19.8 Å². The molecular weight excluding hydrogens is 314 g/mol. The van der Waals surface area contributed by atoms with E-state index in [1.165, 1.54) is 18.4 Å². The maximum absolute atomic E-state index is 12.7. The number of nitrogens with two attached hydrogens (primary N) is 1. The van der Waals surface area contributed by atoms with Gasteiger partial charge in [0.2, 0.25) is 5.91 Å². The predicted molar refractivity (Wildman–Crippen MR) is 99.2 cm³/mol. The van der Waals surface area contributed by atoms with Gasteiger partial charge in [0.25, 0.3) is 0 Å². The van der Waals surface area contributed by atoms with Gasteiger partial charge in [-0.25, -0.2) is 0 Å². The van der Waals surface area contributed by atoms with Crippen molar-refractivity contribution in [3.63, 3.8) is 0 Å². The molecule has 25 heavy (non-hydrogen) atoms. The van der Waals surface area contributed by atoms with Crippen LogP contribution in [0.25, 0.3) is 0 Å². The zero-order valence-electron chi connectivity index (χ0n) is 15.2. The Kier molecular flexibility index (Phi) is 5.77. The van der Waals surface area contributed by atoms with E-state index in [0.29, 0.717) is 32.6 Å². The molecule has 1 amide bonds. The molecule has 5 nitrogen and oxygen atoms in total. The average Bonchev–Trinajstić information content (AvgIpc) is 3.09. The summed E-state index contributed by atoms with van der Waals surface area (Å²) in [6.45, 7) is 3.97. The fourth-order valence-electron chi connectivity index (χ4n) is 4.10. The highest BCUT2D eigenvalue weighted by Crippen LogP contribution is 2.32. The SMILES string of the molecule is CC(NC1(CNC(=O)C2(N)CCOCC2)CCCC1)c1ccccc1. The van der Waals surface area contributed by atoms with Gasteiger partial charge < -0.3 is 21.1 Å². The smallest absolute Gasteiger partial charge is 0.240 e. The second-order valence-electron chi connectivity index (χ2n) is 7.72. The molecule has 1 heterocycles. The van der Waals surface area contributed by atoms with Gasteiger partial charge in [0.05, 0.1) is 5.54 Å². The Balaban J connectivity index is 1.61. The van der Waals surface area contributed by atoms with E-state index in [1.807, 2.05) is 6.07 Å². The molecular formula is C20H31N3O2. The minimum atomic E-state index is -0.775. The van der Waals surface area contributed by atoms with Crippen LogP contribution in [-0.2, 0) is 9.53 Å². The van der Waals surface area contributed by atoms with Crippen molar-refractivity contribution >= 4 is 5.91 Å². The van der Waals surface area contributed by atoms with Gasteiger partial charge in [-0.3, -0.25) is 4.79 Å². The minimum absolute atomic E-state index is 0.0313. The van der Waals surface area contributed by atoms with Gasteiger partial charge in [-0.15, -0.1) is 0 Å². The number of carbonyl (C=O) groups excluding carboxylic acids is 1. The normalized spacial score (nSPS) is 23.1. The first-order chi connectivity index (χ1) is 12.0. The van der Waals surface area contributed by atoms with Crippen molar-refractivity contribution in [3.8, 4) is 0 Å². The van der Waals surface area contributed by atoms with Crippen LogP contribution in [0.4, 0.5) is 0 Å². The summed E-state index contributed by atoms with van der Waals surface area (Å²) in [5.41, 5.74) is 6.78. The summed E-state index contributed by atoms with van der Waals surface area (Å²) in [4.78, 5) is 12.7. The number of benzene rings is 1. The molecule has 1 aromatic rings. The summed E-state index contributed by atoms with van der Waals surface area (Å²) < 4.78 is 5.34. The summed E-state index contributed by atoms with van der Waals surface area (Å²) in [5.74, 6) is -0.0313. The molecule has 2 aliphatic rings. The van der Waals surface area contributed by atoms with Gasteiger partial charge in [0.15, 0.2) is 0 Å². The van der Waals surface area contributed by atoms with E-state index in [9.17, 15) is 4.79 Å². The van der Waals surface area contributed by atoms with Crippen LogP contribution in [0.1, 0.15) is 57.1 Å². The molecule has 1 aromatic carbocycles. The standard InChI is InChI=1S/C20H31N3O2/c1-16(17-7-3-2-4-8-17)23-19(9-5-6-10-19)15-22-18(24)20(21)11-13-25-14-12-20/h2-4,7-8,16,23H,5-6,9-15,21H2,1H3,(H,22,24). The molecule has 0 aromatic heterocycles. The van der Waals surface area contributed by atoms with Gasteiger partial charge >= 0.3 is 0 Å². The topological polar surface area (TPSA) is 76.4 Å². The molecule has 1 saturated carbocycles. The number of carbonyl (C=O) groups is 1. The van der Waals surface area contributed by atoms with Crippen molar-refractivity contribution in [2.24, 2.45) is 5.73 Å². The van der Waals surface area contributed by atoms with E-state index in [1.54, 1.807) is 0 Å². The maximum Gasteiger partial charge on any atom is 0.240 e. The van der Waals surface area contributed by atoms with E-state index in [4.69, 9.17) is 10.5 Å². The van der Waals surface area contributed by atoms with Crippen molar-refractivity contribution < 1.29 is 9.53 Å². The van der Waals surface area contributed by atoms with Crippen LogP contribution in [-0.4, -0.2) is 36.7 Å². The Bertz CT molecular complexity index is 564. The van der Waals surface area contributed by atoms with Crippen molar-refractivity contribution in [3.05, 3.63) is 35.9 Å². The lowest BCUT2D eigenvalue weighted by atomic mass is 9.89. The summed E-state index contributed by atoms with van der Waals surface area (Å²) >= 11 is 0. The zero-order chi connectivity index (χ0) is 17.8. The van der Waals surface area contributed by atoms with Gasteiger partial charge in [0.1, 0.15) is 0 Å². The van der Waals surface area contributed by atoms with Crippen LogP contribution in [0, 0.1) is 0 Å². The fraction of sp³-hybridized carbons (Fsp3) is 0.650. The van der Waals surface area contributed by atoms with Crippen LogP contribution in [0.2, 0.25) is 0 Å². The van der Waals surface area contributed by atoms with Crippen LogP contribution < -0.4 is 16.4 Å². The third kappa shape index (κ3) is 4.40. The zero-order valence-corrected chi connectivity index (χ0v) is 15.2. The molecule has 0 bridgehead atoms. The Hall–Kier alpha value is -1.43. The van der Waals surface area contributed by atoms with Crippen LogP contribution in [0.3, 0.4) is 0 Å². The van der Waals surface area contributed by atoms with Gasteiger partial charge in [0, 0.05) is 31.3 Å². The summed E-state index contributed by atoms with van der Waals surface area (Å²) in [6.07, 6.45) is 5.77. The minimum Gasteiger partial charge on any atom is -0.381 e. The van der Waals surface area contributed by atoms with E-state index >= 15 is 0 Å². The Morgan fingerprint density at radius 1 is 1.16 bits per heavy atom. The molecule has 0 spiro atoms. The van der Waals surface area contributed by atoms with Crippen molar-refractivity contribution in [1.82, 2.24) is 10.6 Å². The molecule has 0 radical (unpaired) electrons. The van der Waals surface area contributed by atoms with E-state index < -0.39 is 5.54 Å². The van der Waals surface area contributed by atoms with Gasteiger partial charge in [-0.05, 0) is 38.2 Å². The van der Waals surface area contributed by atoms with Gasteiger partial charge in [-0.1, -0.05) is 43.2 Å². The Morgan fingerprint density at radius 3 is 2.44 bits per heavy atom. The second kappa shape index (κ2) is 7.85. The lowest BCUT2D eigenvalue weighted by Gasteiger charge is -2.37. The summed E-state index contributed by atoms with van der Waals surface area (Å²) in [5, 5.41) is 6.95. The number of hydrogen-bond acceptors (Lipinski definition) is 4. The molecule has 1 aliphatic heterocycles. The first-order valence-electron chi connectivity index (χ1n) is 9.51. The van der Waals surface area contributed by atoms with Crippen LogP contribution in [0.15, 0.2) is 30.3 Å². The van der Waals surface area contributed by atoms with Crippen LogP contribution >= 0.6 is 0 Å². The highest BCUT2D eigenvalue weighted by atomic mass is 16.5. The monoisotopic (exact) mass is 345 g/mol. The van der Waals surface area contributed by atoms with Crippen LogP contribution in [0.5, 0.6) is 0 Å². The predicted octanol–water partition coefficient (Wildman–Crippen LogP) is 2.27. The van der Waals surface area contributed by atoms with Crippen molar-refractivity contribution in [2.45, 2.75) is 62.6 Å². The number of nitrogens with one attached hydrogen (secondary N) is 2. The van der Waals surface area contributed by atoms with Gasteiger partial charge in [-0.2, -0.15) is 0 Å². The number of rotatable bonds is 6. The number of amides is 1. The Labute approximate surface area is 150 Å². The summed E-state index contributed by atoms with van der Waals surface area (Å²) in [7, 11) is 0. The highest BCUT2D eigenvalue weighted by molar-refractivity contribution is 5.86. The second-order valence-corrected chi connectivity index (χ2v) is 7.72. The highest BCUT2D eigenvalue weighted by Gasteiger charge is 2.39. The maximum atomic E-state index is 12.7. The lowest BCUT2D eigenvalue weighted by molar-refractivity contribution is -0.130. The molecule has 3 rings (SSSR count). The molecule has 4 N–H and O–H groups in total. The van der Waals surface area contributed by atoms with Crippen molar-refractivity contribution in [1.29, 1.82) is 0 Å². The molecule has 2 fully saturated rings. The number of ether oxygens (including phenoxy) is 1. The largest absolute Gasteiger partial charge is 0.381 e. The fourth-order valence-corrected chi connectivity index (χ4v) is 4.10. The molecule has 1 atom stereocenters. The van der Waals surface area contributed by atoms with E-state index in [-0.39, 0.29) is 17.5 Å². The average molecular weight is 345 g/mol. The van der Waals surface area contributed by atoms with E-state index in [2.05, 4.69) is 41.8 Å². The lowest BCUT2D eigenvalue weighted by Crippen LogP contribution is -2.60. The molecule has 1 saturated heterocycles. The quantitative estimate of drug-likeness (QED) is 0.739.